The Balaban J connectivity index is 1.89. The molecule has 1 aromatic heterocycles. The highest BCUT2D eigenvalue weighted by atomic mass is 19.1. The molecule has 134 valence electrons. The number of hydrogen-bond acceptors (Lipinski definition) is 3. The van der Waals surface area contributed by atoms with Gasteiger partial charge in [0.25, 0.3) is 5.91 Å². The molecule has 3 aromatic rings. The second-order valence-corrected chi connectivity index (χ2v) is 6.62. The van der Waals surface area contributed by atoms with E-state index >= 15 is 0 Å². The molecule has 0 radical (unpaired) electrons. The van der Waals surface area contributed by atoms with Crippen molar-refractivity contribution >= 4 is 23.0 Å². The monoisotopic (exact) mass is 353 g/mol. The topological polar surface area (TPSA) is 66.6 Å². The zero-order chi connectivity index (χ0) is 18.7. The van der Waals surface area contributed by atoms with E-state index in [0.29, 0.717) is 6.54 Å². The van der Waals surface area contributed by atoms with Gasteiger partial charge in [0, 0.05) is 29.2 Å². The molecular formula is C20H20FN3O2. The van der Waals surface area contributed by atoms with Crippen molar-refractivity contribution in [1.29, 1.82) is 0 Å². The van der Waals surface area contributed by atoms with Gasteiger partial charge in [-0.3, -0.25) is 4.79 Å². The van der Waals surface area contributed by atoms with Gasteiger partial charge in [0.15, 0.2) is 0 Å². The molecule has 6 heteroatoms. The van der Waals surface area contributed by atoms with E-state index in [-0.39, 0.29) is 5.82 Å². The van der Waals surface area contributed by atoms with E-state index in [4.69, 9.17) is 0 Å². The van der Waals surface area contributed by atoms with Gasteiger partial charge in [-0.2, -0.15) is 5.10 Å². The van der Waals surface area contributed by atoms with Crippen LogP contribution in [0.15, 0.2) is 59.8 Å². The van der Waals surface area contributed by atoms with Crippen LogP contribution in [0.3, 0.4) is 0 Å². The molecule has 0 aliphatic heterocycles. The van der Waals surface area contributed by atoms with Crippen LogP contribution >= 0.6 is 0 Å². The molecule has 0 spiro atoms. The number of fused-ring (bicyclic) bond motifs is 1. The van der Waals surface area contributed by atoms with E-state index < -0.39 is 11.5 Å². The number of aromatic nitrogens is 1. The van der Waals surface area contributed by atoms with Gasteiger partial charge in [-0.1, -0.05) is 30.3 Å². The Morgan fingerprint density at radius 3 is 2.77 bits per heavy atom. The molecule has 1 heterocycles. The molecule has 3 rings (SSSR count). The van der Waals surface area contributed by atoms with Crippen LogP contribution in [-0.4, -0.2) is 27.4 Å². The zero-order valence-electron chi connectivity index (χ0n) is 14.6. The third-order valence-electron chi connectivity index (χ3n) is 3.99. The number of amides is 1. The fourth-order valence-corrected chi connectivity index (χ4v) is 2.64. The number of para-hydroxylation sites is 1. The lowest BCUT2D eigenvalue weighted by Crippen LogP contribution is -2.39. The predicted molar refractivity (Wildman–Crippen MR) is 99.5 cm³/mol. The molecule has 2 aromatic carbocycles. The van der Waals surface area contributed by atoms with E-state index in [9.17, 15) is 14.3 Å². The maximum absolute atomic E-state index is 13.4. The van der Waals surface area contributed by atoms with Crippen LogP contribution < -0.4 is 5.43 Å². The Morgan fingerprint density at radius 2 is 2.04 bits per heavy atom. The van der Waals surface area contributed by atoms with E-state index in [0.717, 1.165) is 22.0 Å². The number of rotatable bonds is 5. The summed E-state index contributed by atoms with van der Waals surface area (Å²) in [6, 6.07) is 14.3. The normalized spacial score (nSPS) is 12.0. The number of carbonyl (C=O) groups is 1. The first kappa shape index (κ1) is 17.8. The lowest BCUT2D eigenvalue weighted by Gasteiger charge is -2.13. The molecule has 5 nitrogen and oxygen atoms in total. The maximum Gasteiger partial charge on any atom is 0.271 e. The number of halogens is 1. The number of aliphatic hydroxyl groups is 1. The summed E-state index contributed by atoms with van der Waals surface area (Å²) in [6.07, 6.45) is 3.43. The largest absolute Gasteiger partial charge is 0.381 e. The first-order valence-corrected chi connectivity index (χ1v) is 8.23. The molecule has 0 aliphatic carbocycles. The van der Waals surface area contributed by atoms with Crippen molar-refractivity contribution < 1.29 is 14.3 Å². The number of nitrogens with one attached hydrogen (secondary N) is 1. The third kappa shape index (κ3) is 3.97. The summed E-state index contributed by atoms with van der Waals surface area (Å²) in [7, 11) is 0. The highest BCUT2D eigenvalue weighted by Gasteiger charge is 2.23. The van der Waals surface area contributed by atoms with E-state index in [1.54, 1.807) is 6.07 Å². The number of hydrazone groups is 1. The Bertz CT molecular complexity index is 971. The molecule has 26 heavy (non-hydrogen) atoms. The SMILES string of the molecule is CC(C)(O)C(=O)N/N=C/c1cn(Cc2cccc(F)c2)c2ccccc12. The molecule has 0 aliphatic rings. The van der Waals surface area contributed by atoms with Gasteiger partial charge in [-0.25, -0.2) is 9.82 Å². The Kier molecular flexibility index (Phi) is 4.86. The number of hydrogen-bond donors (Lipinski definition) is 2. The van der Waals surface area contributed by atoms with Gasteiger partial charge in [0.05, 0.1) is 6.21 Å². The molecule has 0 saturated carbocycles. The van der Waals surface area contributed by atoms with Gasteiger partial charge in [0.2, 0.25) is 0 Å². The minimum Gasteiger partial charge on any atom is -0.381 e. The molecule has 0 atom stereocenters. The fourth-order valence-electron chi connectivity index (χ4n) is 2.64. The zero-order valence-corrected chi connectivity index (χ0v) is 14.6. The summed E-state index contributed by atoms with van der Waals surface area (Å²) in [5.41, 5.74) is 3.47. The summed E-state index contributed by atoms with van der Waals surface area (Å²) in [4.78, 5) is 11.7. The molecule has 2 N–H and O–H groups in total. The van der Waals surface area contributed by atoms with E-state index in [1.807, 2.05) is 41.1 Å². The number of benzene rings is 2. The predicted octanol–water partition coefficient (Wildman–Crippen LogP) is 3.05. The summed E-state index contributed by atoms with van der Waals surface area (Å²) < 4.78 is 15.4. The molecule has 0 unspecified atom stereocenters. The molecular weight excluding hydrogens is 333 g/mol. The van der Waals surface area contributed by atoms with Crippen molar-refractivity contribution in [2.45, 2.75) is 26.0 Å². The Morgan fingerprint density at radius 1 is 1.27 bits per heavy atom. The van der Waals surface area contributed by atoms with Crippen LogP contribution in [0.1, 0.15) is 25.0 Å². The molecule has 0 bridgehead atoms. The first-order chi connectivity index (χ1) is 12.3. The smallest absolute Gasteiger partial charge is 0.271 e. The average Bonchev–Trinajstić information content (AvgIpc) is 2.92. The van der Waals surface area contributed by atoms with Gasteiger partial charge in [-0.15, -0.1) is 0 Å². The van der Waals surface area contributed by atoms with Crippen LogP contribution in [0, 0.1) is 5.82 Å². The van der Waals surface area contributed by atoms with Gasteiger partial charge in [0.1, 0.15) is 11.4 Å². The van der Waals surface area contributed by atoms with Gasteiger partial charge in [-0.05, 0) is 37.6 Å². The van der Waals surface area contributed by atoms with E-state index in [2.05, 4.69) is 10.5 Å². The minimum absolute atomic E-state index is 0.268. The third-order valence-corrected chi connectivity index (χ3v) is 3.99. The molecule has 0 fully saturated rings. The van der Waals surface area contributed by atoms with Crippen molar-refractivity contribution in [2.75, 3.05) is 0 Å². The lowest BCUT2D eigenvalue weighted by molar-refractivity contribution is -0.136. The highest BCUT2D eigenvalue weighted by molar-refractivity contribution is 5.99. The van der Waals surface area contributed by atoms with Crippen molar-refractivity contribution in [3.8, 4) is 0 Å². The molecule has 1 amide bonds. The van der Waals surface area contributed by atoms with Crippen LogP contribution in [0.5, 0.6) is 0 Å². The summed E-state index contributed by atoms with van der Waals surface area (Å²) in [5.74, 6) is -0.854. The van der Waals surface area contributed by atoms with Crippen LogP contribution in [0.2, 0.25) is 0 Å². The van der Waals surface area contributed by atoms with E-state index in [1.165, 1.54) is 32.2 Å². The Labute approximate surface area is 150 Å². The highest BCUT2D eigenvalue weighted by Crippen LogP contribution is 2.21. The Hall–Kier alpha value is -2.99. The van der Waals surface area contributed by atoms with Crippen LogP contribution in [0.4, 0.5) is 4.39 Å². The van der Waals surface area contributed by atoms with Crippen LogP contribution in [-0.2, 0) is 11.3 Å². The molecule has 0 saturated heterocycles. The fraction of sp³-hybridized carbons (Fsp3) is 0.200. The van der Waals surface area contributed by atoms with Gasteiger partial charge >= 0.3 is 0 Å². The summed E-state index contributed by atoms with van der Waals surface area (Å²) in [6.45, 7) is 3.30. The van der Waals surface area contributed by atoms with Crippen molar-refractivity contribution in [3.63, 3.8) is 0 Å². The van der Waals surface area contributed by atoms with Gasteiger partial charge < -0.3 is 9.67 Å². The van der Waals surface area contributed by atoms with Crippen LogP contribution in [0.25, 0.3) is 10.9 Å². The standard InChI is InChI=1S/C20H20FN3O2/c1-20(2,26)19(25)23-22-11-15-13-24(18-9-4-3-8-17(15)18)12-14-6-5-7-16(21)10-14/h3-11,13,26H,12H2,1-2H3,(H,23,25)/b22-11+. The number of carbonyl (C=O) groups excluding carboxylic acids is 1. The second kappa shape index (κ2) is 7.09. The van der Waals surface area contributed by atoms with Crippen molar-refractivity contribution in [2.24, 2.45) is 5.10 Å². The quantitative estimate of drug-likeness (QED) is 0.547. The first-order valence-electron chi connectivity index (χ1n) is 8.23. The maximum atomic E-state index is 13.4. The van der Waals surface area contributed by atoms with Crippen molar-refractivity contribution in [1.82, 2.24) is 9.99 Å². The summed E-state index contributed by atoms with van der Waals surface area (Å²) in [5, 5.41) is 14.5. The van der Waals surface area contributed by atoms with Crippen molar-refractivity contribution in [3.05, 3.63) is 71.7 Å². The number of nitrogens with zero attached hydrogens (tertiary/aromatic N) is 2. The lowest BCUT2D eigenvalue weighted by atomic mass is 10.1. The second-order valence-electron chi connectivity index (χ2n) is 6.62. The summed E-state index contributed by atoms with van der Waals surface area (Å²) >= 11 is 0. The average molecular weight is 353 g/mol. The minimum atomic E-state index is -1.50.